The maximum absolute atomic E-state index is 11.9. The third kappa shape index (κ3) is 3.09. The Morgan fingerprint density at radius 1 is 1.59 bits per heavy atom. The molecule has 0 saturated heterocycles. The number of Topliss-reactive ketones (excluding diaryl/α,β-unsaturated/α-hetero) is 1. The Labute approximate surface area is 99.3 Å². The Balaban J connectivity index is 3.15. The highest BCUT2D eigenvalue weighted by Crippen LogP contribution is 2.12. The molecule has 0 saturated carbocycles. The largest absolute Gasteiger partial charge is 0.298 e. The summed E-state index contributed by atoms with van der Waals surface area (Å²) in [6.45, 7) is 2.71. The number of pyridine rings is 1. The van der Waals surface area contributed by atoms with Crippen LogP contribution in [0.3, 0.4) is 0 Å². The van der Waals surface area contributed by atoms with Crippen molar-refractivity contribution in [2.45, 2.75) is 24.8 Å². The highest BCUT2D eigenvalue weighted by atomic mass is 32.2. The molecular weight excluding hydrogens is 242 g/mol. The van der Waals surface area contributed by atoms with Gasteiger partial charge < -0.3 is 0 Å². The van der Waals surface area contributed by atoms with Gasteiger partial charge in [0.25, 0.3) is 0 Å². The first-order valence-corrected chi connectivity index (χ1v) is 6.24. The van der Waals surface area contributed by atoms with Crippen molar-refractivity contribution in [2.75, 3.05) is 0 Å². The summed E-state index contributed by atoms with van der Waals surface area (Å²) >= 11 is 0. The summed E-state index contributed by atoms with van der Waals surface area (Å²) in [5.41, 5.74) is -0.198. The van der Waals surface area contributed by atoms with Crippen molar-refractivity contribution in [3.8, 4) is 6.07 Å². The van der Waals surface area contributed by atoms with Gasteiger partial charge in [-0.3, -0.25) is 4.79 Å². The highest BCUT2D eigenvalue weighted by molar-refractivity contribution is 7.89. The highest BCUT2D eigenvalue weighted by Gasteiger charge is 2.23. The molecule has 0 aliphatic carbocycles. The lowest BCUT2D eigenvalue weighted by Gasteiger charge is -2.11. The molecule has 0 spiro atoms. The monoisotopic (exact) mass is 253 g/mol. The van der Waals surface area contributed by atoms with Crippen molar-refractivity contribution in [2.24, 2.45) is 0 Å². The molecule has 90 valence electrons. The fourth-order valence-corrected chi connectivity index (χ4v) is 2.44. The van der Waals surface area contributed by atoms with E-state index in [1.807, 2.05) is 0 Å². The summed E-state index contributed by atoms with van der Waals surface area (Å²) in [5, 5.41) is 8.75. The van der Waals surface area contributed by atoms with Crippen LogP contribution in [0.1, 0.15) is 19.5 Å². The smallest absolute Gasteiger partial charge is 0.244 e. The number of nitrogens with one attached hydrogen (secondary N) is 1. The number of nitrogens with zero attached hydrogens (tertiary/aromatic N) is 2. The number of hydrogen-bond acceptors (Lipinski definition) is 5. The molecule has 0 radical (unpaired) electrons. The number of nitriles is 1. The summed E-state index contributed by atoms with van der Waals surface area (Å²) in [6.07, 6.45) is 1.33. The van der Waals surface area contributed by atoms with Crippen LogP contribution >= 0.6 is 0 Å². The molecule has 1 atom stereocenters. The molecule has 0 aromatic carbocycles. The summed E-state index contributed by atoms with van der Waals surface area (Å²) in [5.74, 6) is -0.309. The van der Waals surface area contributed by atoms with E-state index in [0.717, 1.165) is 0 Å². The molecular formula is C10H11N3O3S. The lowest BCUT2D eigenvalue weighted by atomic mass is 10.3. The maximum Gasteiger partial charge on any atom is 0.244 e. The van der Waals surface area contributed by atoms with Crippen LogP contribution < -0.4 is 4.72 Å². The second kappa shape index (κ2) is 5.03. The molecule has 0 aliphatic rings. The van der Waals surface area contributed by atoms with Gasteiger partial charge in [-0.2, -0.15) is 5.26 Å². The lowest BCUT2D eigenvalue weighted by molar-refractivity contribution is -0.118. The van der Waals surface area contributed by atoms with E-state index in [0.29, 0.717) is 0 Å². The van der Waals surface area contributed by atoms with Gasteiger partial charge in [0.05, 0.1) is 6.04 Å². The van der Waals surface area contributed by atoms with Crippen LogP contribution in [-0.2, 0) is 14.8 Å². The van der Waals surface area contributed by atoms with Gasteiger partial charge in [-0.15, -0.1) is 0 Å². The van der Waals surface area contributed by atoms with Gasteiger partial charge in [-0.25, -0.2) is 18.1 Å². The molecule has 1 aromatic heterocycles. The van der Waals surface area contributed by atoms with Crippen molar-refractivity contribution in [3.63, 3.8) is 0 Å². The van der Waals surface area contributed by atoms with Gasteiger partial charge in [0.2, 0.25) is 10.0 Å². The molecule has 1 heterocycles. The number of carbonyl (C=O) groups is 1. The zero-order valence-corrected chi connectivity index (χ0v) is 10.2. The van der Waals surface area contributed by atoms with E-state index in [1.54, 1.807) is 6.07 Å². The van der Waals surface area contributed by atoms with Crippen molar-refractivity contribution in [1.29, 1.82) is 5.26 Å². The number of carbonyl (C=O) groups excluding carboxylic acids is 1. The first-order valence-electron chi connectivity index (χ1n) is 4.76. The lowest BCUT2D eigenvalue weighted by Crippen LogP contribution is -2.37. The summed E-state index contributed by atoms with van der Waals surface area (Å²) in [4.78, 5) is 14.4. The standard InChI is InChI=1S/C10H11N3O3S/c1-7(8(2)14)13-17(15,16)10-4-3-5-12-9(10)6-11/h3-5,7,13H,1-2H3. The Bertz CT molecular complexity index is 575. The predicted octanol–water partition coefficient (Wildman–Crippen LogP) is 0.209. The van der Waals surface area contributed by atoms with Gasteiger partial charge in [-0.1, -0.05) is 0 Å². The zero-order chi connectivity index (χ0) is 13.1. The molecule has 17 heavy (non-hydrogen) atoms. The van der Waals surface area contributed by atoms with Crippen LogP contribution in [0, 0.1) is 11.3 Å². The Morgan fingerprint density at radius 3 is 2.76 bits per heavy atom. The van der Waals surface area contributed by atoms with E-state index >= 15 is 0 Å². The number of ketones is 1. The summed E-state index contributed by atoms with van der Waals surface area (Å²) in [7, 11) is -3.90. The molecule has 0 bridgehead atoms. The number of sulfonamides is 1. The quantitative estimate of drug-likeness (QED) is 0.826. The van der Waals surface area contributed by atoms with Gasteiger partial charge in [-0.05, 0) is 26.0 Å². The van der Waals surface area contributed by atoms with Crippen LogP contribution in [0.25, 0.3) is 0 Å². The van der Waals surface area contributed by atoms with Crippen LogP contribution in [0.15, 0.2) is 23.2 Å². The number of aromatic nitrogens is 1. The second-order valence-electron chi connectivity index (χ2n) is 3.42. The minimum atomic E-state index is -3.90. The third-order valence-corrected chi connectivity index (χ3v) is 3.68. The predicted molar refractivity (Wildman–Crippen MR) is 59.4 cm³/mol. The Hall–Kier alpha value is -1.78. The SMILES string of the molecule is CC(=O)C(C)NS(=O)(=O)c1cccnc1C#N. The van der Waals surface area contributed by atoms with Crippen molar-refractivity contribution in [1.82, 2.24) is 9.71 Å². The second-order valence-corrected chi connectivity index (χ2v) is 5.10. The maximum atomic E-state index is 11.9. The molecule has 1 aromatic rings. The first kappa shape index (κ1) is 13.3. The molecule has 0 fully saturated rings. The molecule has 0 amide bonds. The van der Waals surface area contributed by atoms with E-state index in [1.165, 1.54) is 32.2 Å². The summed E-state index contributed by atoms with van der Waals surface area (Å²) < 4.78 is 25.9. The minimum Gasteiger partial charge on any atom is -0.298 e. The normalized spacial score (nSPS) is 12.8. The van der Waals surface area contributed by atoms with Gasteiger partial charge >= 0.3 is 0 Å². The van der Waals surface area contributed by atoms with Crippen molar-refractivity contribution < 1.29 is 13.2 Å². The molecule has 0 aliphatic heterocycles. The van der Waals surface area contributed by atoms with Crippen molar-refractivity contribution >= 4 is 15.8 Å². The average molecular weight is 253 g/mol. The topological polar surface area (TPSA) is 99.9 Å². The fourth-order valence-electron chi connectivity index (χ4n) is 1.07. The first-order chi connectivity index (χ1) is 7.88. The van der Waals surface area contributed by atoms with E-state index in [4.69, 9.17) is 5.26 Å². The van der Waals surface area contributed by atoms with Crippen LogP contribution in [0.4, 0.5) is 0 Å². The van der Waals surface area contributed by atoms with E-state index in [2.05, 4.69) is 9.71 Å². The molecule has 1 N–H and O–H groups in total. The van der Waals surface area contributed by atoms with Crippen molar-refractivity contribution in [3.05, 3.63) is 24.0 Å². The number of rotatable bonds is 4. The molecule has 1 unspecified atom stereocenters. The average Bonchev–Trinajstić information content (AvgIpc) is 2.28. The molecule has 6 nitrogen and oxygen atoms in total. The van der Waals surface area contributed by atoms with Crippen LogP contribution in [-0.4, -0.2) is 25.2 Å². The molecule has 7 heteroatoms. The summed E-state index contributed by atoms with van der Waals surface area (Å²) in [6, 6.07) is 3.52. The van der Waals surface area contributed by atoms with Crippen LogP contribution in [0.5, 0.6) is 0 Å². The van der Waals surface area contributed by atoms with E-state index < -0.39 is 16.1 Å². The van der Waals surface area contributed by atoms with Gasteiger partial charge in [0, 0.05) is 6.20 Å². The van der Waals surface area contributed by atoms with Gasteiger partial charge in [0.1, 0.15) is 16.7 Å². The third-order valence-electron chi connectivity index (χ3n) is 2.11. The van der Waals surface area contributed by atoms with Gasteiger partial charge in [0.15, 0.2) is 5.69 Å². The number of hydrogen-bond donors (Lipinski definition) is 1. The Kier molecular flexibility index (Phi) is 3.93. The fraction of sp³-hybridized carbons (Fsp3) is 0.300. The van der Waals surface area contributed by atoms with Crippen LogP contribution in [0.2, 0.25) is 0 Å². The van der Waals surface area contributed by atoms with E-state index in [-0.39, 0.29) is 16.4 Å². The van der Waals surface area contributed by atoms with E-state index in [9.17, 15) is 13.2 Å². The minimum absolute atomic E-state index is 0.198. The zero-order valence-electron chi connectivity index (χ0n) is 9.34. The molecule has 1 rings (SSSR count). The Morgan fingerprint density at radius 2 is 2.24 bits per heavy atom.